The molecular formula is C14H18N4. The largest absolute Gasteiger partial charge is 0.370 e. The second kappa shape index (κ2) is 4.80. The summed E-state index contributed by atoms with van der Waals surface area (Å²) in [6.45, 7) is 3.05. The lowest BCUT2D eigenvalue weighted by atomic mass is 10.2. The zero-order valence-corrected chi connectivity index (χ0v) is 10.7. The number of aryl methyl sites for hydroxylation is 1. The van der Waals surface area contributed by atoms with Crippen molar-refractivity contribution in [1.29, 1.82) is 0 Å². The number of aromatic nitrogens is 3. The van der Waals surface area contributed by atoms with Gasteiger partial charge >= 0.3 is 0 Å². The first-order valence-electron chi connectivity index (χ1n) is 6.55. The third-order valence-electron chi connectivity index (χ3n) is 3.41. The summed E-state index contributed by atoms with van der Waals surface area (Å²) in [7, 11) is 0. The van der Waals surface area contributed by atoms with E-state index in [1.165, 1.54) is 24.8 Å². The van der Waals surface area contributed by atoms with Crippen molar-refractivity contribution in [1.82, 2.24) is 14.6 Å². The van der Waals surface area contributed by atoms with Gasteiger partial charge in [0.2, 0.25) is 0 Å². The number of hydrogen-bond donors (Lipinski definition) is 1. The molecule has 0 fully saturated rings. The van der Waals surface area contributed by atoms with Crippen LogP contribution in [0.1, 0.15) is 31.2 Å². The number of nitrogens with one attached hydrogen (secondary N) is 1. The highest BCUT2D eigenvalue weighted by Gasteiger charge is 2.06. The van der Waals surface area contributed by atoms with Crippen LogP contribution in [0.3, 0.4) is 0 Å². The SMILES string of the molecule is Cc1cc(NCCC2=CCCC2)n2ncnc2c1. The van der Waals surface area contributed by atoms with Gasteiger partial charge in [-0.1, -0.05) is 11.6 Å². The summed E-state index contributed by atoms with van der Waals surface area (Å²) in [4.78, 5) is 4.23. The first-order valence-corrected chi connectivity index (χ1v) is 6.55. The van der Waals surface area contributed by atoms with Crippen molar-refractivity contribution in [3.05, 3.63) is 35.7 Å². The van der Waals surface area contributed by atoms with Gasteiger partial charge in [-0.3, -0.25) is 0 Å². The summed E-state index contributed by atoms with van der Waals surface area (Å²) < 4.78 is 1.86. The molecule has 3 rings (SSSR count). The molecule has 2 aromatic rings. The molecular weight excluding hydrogens is 224 g/mol. The molecule has 0 atom stereocenters. The van der Waals surface area contributed by atoms with E-state index in [4.69, 9.17) is 0 Å². The lowest BCUT2D eigenvalue weighted by Gasteiger charge is -2.09. The van der Waals surface area contributed by atoms with Crippen molar-refractivity contribution in [3.8, 4) is 0 Å². The Morgan fingerprint density at radius 1 is 1.39 bits per heavy atom. The van der Waals surface area contributed by atoms with E-state index in [9.17, 15) is 0 Å². The second-order valence-corrected chi connectivity index (χ2v) is 4.88. The molecule has 1 N–H and O–H groups in total. The Bertz CT molecular complexity index is 582. The van der Waals surface area contributed by atoms with Crippen molar-refractivity contribution < 1.29 is 0 Å². The molecule has 1 aliphatic rings. The number of nitrogens with zero attached hydrogens (tertiary/aromatic N) is 3. The maximum Gasteiger partial charge on any atom is 0.157 e. The molecule has 0 bridgehead atoms. The molecule has 0 spiro atoms. The van der Waals surface area contributed by atoms with Crippen LogP contribution in [-0.2, 0) is 0 Å². The van der Waals surface area contributed by atoms with Crippen molar-refractivity contribution in [2.75, 3.05) is 11.9 Å². The number of anilines is 1. The van der Waals surface area contributed by atoms with E-state index < -0.39 is 0 Å². The van der Waals surface area contributed by atoms with Crippen LogP contribution in [0.5, 0.6) is 0 Å². The molecule has 4 heteroatoms. The molecule has 94 valence electrons. The van der Waals surface area contributed by atoms with Gasteiger partial charge in [0.1, 0.15) is 12.1 Å². The van der Waals surface area contributed by atoms with Crippen LogP contribution < -0.4 is 5.32 Å². The summed E-state index contributed by atoms with van der Waals surface area (Å²) >= 11 is 0. The number of allylic oxidation sites excluding steroid dienone is 1. The molecule has 4 nitrogen and oxygen atoms in total. The van der Waals surface area contributed by atoms with Gasteiger partial charge in [0.15, 0.2) is 5.65 Å². The van der Waals surface area contributed by atoms with Gasteiger partial charge < -0.3 is 5.32 Å². The fraction of sp³-hybridized carbons (Fsp3) is 0.429. The first-order chi connectivity index (χ1) is 8.83. The minimum Gasteiger partial charge on any atom is -0.370 e. The van der Waals surface area contributed by atoms with Gasteiger partial charge in [-0.05, 0) is 50.3 Å². The van der Waals surface area contributed by atoms with E-state index >= 15 is 0 Å². The Morgan fingerprint density at radius 3 is 3.17 bits per heavy atom. The molecule has 0 aromatic carbocycles. The van der Waals surface area contributed by atoms with Crippen molar-refractivity contribution in [2.24, 2.45) is 0 Å². The van der Waals surface area contributed by atoms with Crippen LogP contribution in [0.2, 0.25) is 0 Å². The van der Waals surface area contributed by atoms with E-state index in [0.29, 0.717) is 0 Å². The van der Waals surface area contributed by atoms with Gasteiger partial charge in [0, 0.05) is 6.54 Å². The molecule has 2 aromatic heterocycles. The molecule has 0 unspecified atom stereocenters. The Hall–Kier alpha value is -1.84. The summed E-state index contributed by atoms with van der Waals surface area (Å²) in [6.07, 6.45) is 8.96. The average Bonchev–Trinajstić information content (AvgIpc) is 2.98. The smallest absolute Gasteiger partial charge is 0.157 e. The topological polar surface area (TPSA) is 42.2 Å². The van der Waals surface area contributed by atoms with Crippen LogP contribution in [0.25, 0.3) is 5.65 Å². The molecule has 0 radical (unpaired) electrons. The minimum atomic E-state index is 0.901. The normalized spacial score (nSPS) is 15.1. The van der Waals surface area contributed by atoms with Gasteiger partial charge in [0.05, 0.1) is 0 Å². The van der Waals surface area contributed by atoms with Crippen LogP contribution in [0.4, 0.5) is 5.82 Å². The monoisotopic (exact) mass is 242 g/mol. The molecule has 0 aliphatic heterocycles. The maximum absolute atomic E-state index is 4.24. The Morgan fingerprint density at radius 2 is 2.33 bits per heavy atom. The fourth-order valence-corrected chi connectivity index (χ4v) is 2.50. The van der Waals surface area contributed by atoms with E-state index in [-0.39, 0.29) is 0 Å². The number of rotatable bonds is 4. The van der Waals surface area contributed by atoms with Crippen LogP contribution in [0, 0.1) is 6.92 Å². The van der Waals surface area contributed by atoms with Crippen molar-refractivity contribution >= 4 is 11.5 Å². The predicted molar refractivity (Wildman–Crippen MR) is 72.8 cm³/mol. The first kappa shape index (κ1) is 11.3. The highest BCUT2D eigenvalue weighted by Crippen LogP contribution is 2.20. The van der Waals surface area contributed by atoms with Gasteiger partial charge in [0.25, 0.3) is 0 Å². The summed E-state index contributed by atoms with van der Waals surface area (Å²) in [5, 5.41) is 7.70. The maximum atomic E-state index is 4.24. The van der Waals surface area contributed by atoms with Gasteiger partial charge in [-0.25, -0.2) is 4.98 Å². The molecule has 1 aliphatic carbocycles. The highest BCUT2D eigenvalue weighted by molar-refractivity contribution is 5.51. The van der Waals surface area contributed by atoms with E-state index in [2.05, 4.69) is 34.5 Å². The minimum absolute atomic E-state index is 0.901. The van der Waals surface area contributed by atoms with Gasteiger partial charge in [-0.2, -0.15) is 9.61 Å². The van der Waals surface area contributed by atoms with E-state index in [0.717, 1.165) is 24.4 Å². The van der Waals surface area contributed by atoms with Crippen molar-refractivity contribution in [3.63, 3.8) is 0 Å². The number of fused-ring (bicyclic) bond motifs is 1. The molecule has 0 saturated carbocycles. The Kier molecular flexibility index (Phi) is 3.00. The molecule has 0 saturated heterocycles. The Labute approximate surface area is 107 Å². The quantitative estimate of drug-likeness (QED) is 0.838. The predicted octanol–water partition coefficient (Wildman–Crippen LogP) is 2.95. The number of hydrogen-bond acceptors (Lipinski definition) is 3. The zero-order valence-electron chi connectivity index (χ0n) is 10.7. The second-order valence-electron chi connectivity index (χ2n) is 4.88. The van der Waals surface area contributed by atoms with Crippen LogP contribution in [-0.4, -0.2) is 21.1 Å². The van der Waals surface area contributed by atoms with E-state index in [1.807, 2.05) is 10.6 Å². The van der Waals surface area contributed by atoms with Gasteiger partial charge in [-0.15, -0.1) is 0 Å². The standard InChI is InChI=1S/C14H18N4/c1-11-8-13(18-14(9-11)16-10-17-18)15-7-6-12-4-2-3-5-12/h4,8-10,15H,2-3,5-7H2,1H3. The highest BCUT2D eigenvalue weighted by atomic mass is 15.3. The van der Waals surface area contributed by atoms with Crippen LogP contribution >= 0.6 is 0 Å². The third kappa shape index (κ3) is 2.23. The van der Waals surface area contributed by atoms with Crippen LogP contribution in [0.15, 0.2) is 30.1 Å². The van der Waals surface area contributed by atoms with Crippen molar-refractivity contribution in [2.45, 2.75) is 32.6 Å². The fourth-order valence-electron chi connectivity index (χ4n) is 2.50. The zero-order chi connectivity index (χ0) is 12.4. The lowest BCUT2D eigenvalue weighted by molar-refractivity contribution is 0.855. The molecule has 18 heavy (non-hydrogen) atoms. The number of pyridine rings is 1. The summed E-state index contributed by atoms with van der Waals surface area (Å²) in [5.41, 5.74) is 3.70. The molecule has 0 amide bonds. The lowest BCUT2D eigenvalue weighted by Crippen LogP contribution is -2.07. The average molecular weight is 242 g/mol. The van der Waals surface area contributed by atoms with E-state index in [1.54, 1.807) is 11.9 Å². The summed E-state index contributed by atoms with van der Waals surface area (Å²) in [5.74, 6) is 1.03. The summed E-state index contributed by atoms with van der Waals surface area (Å²) in [6, 6.07) is 4.16. The Balaban J connectivity index is 1.71. The molecule has 2 heterocycles. The third-order valence-corrected chi connectivity index (χ3v) is 3.41.